The van der Waals surface area contributed by atoms with Crippen molar-refractivity contribution in [2.75, 3.05) is 19.8 Å². The molecule has 2 aliphatic rings. The molecule has 4 nitrogen and oxygen atoms in total. The number of hydrogen-bond donors (Lipinski definition) is 1. The van der Waals surface area contributed by atoms with Gasteiger partial charge in [0.25, 0.3) is 0 Å². The van der Waals surface area contributed by atoms with E-state index in [0.717, 1.165) is 13.0 Å². The average molecular weight is 230 g/mol. The third-order valence-electron chi connectivity index (χ3n) is 3.31. The van der Waals surface area contributed by atoms with Crippen LogP contribution in [0.1, 0.15) is 32.6 Å². The van der Waals surface area contributed by atoms with Crippen molar-refractivity contribution < 1.29 is 19.3 Å². The molecule has 0 bridgehead atoms. The number of ether oxygens (including phenoxy) is 3. The highest BCUT2D eigenvalue weighted by Crippen LogP contribution is 2.28. The van der Waals surface area contributed by atoms with E-state index in [-0.39, 0.29) is 18.3 Å². The molecular formula is C12H22O4. The molecule has 0 aromatic carbocycles. The van der Waals surface area contributed by atoms with Crippen LogP contribution in [-0.2, 0) is 14.2 Å². The molecule has 4 heteroatoms. The van der Waals surface area contributed by atoms with E-state index >= 15 is 0 Å². The zero-order valence-corrected chi connectivity index (χ0v) is 9.93. The number of rotatable bonds is 6. The van der Waals surface area contributed by atoms with Crippen LogP contribution in [0, 0.1) is 0 Å². The average Bonchev–Trinajstić information content (AvgIpc) is 2.83. The molecule has 0 saturated carbocycles. The third-order valence-corrected chi connectivity index (χ3v) is 3.31. The van der Waals surface area contributed by atoms with Crippen molar-refractivity contribution in [2.45, 2.75) is 57.0 Å². The number of hydrogen-bond acceptors (Lipinski definition) is 4. The van der Waals surface area contributed by atoms with E-state index in [1.807, 2.05) is 0 Å². The minimum atomic E-state index is -0.473. The van der Waals surface area contributed by atoms with Crippen LogP contribution in [0.3, 0.4) is 0 Å². The molecule has 0 aliphatic carbocycles. The van der Waals surface area contributed by atoms with Crippen molar-refractivity contribution >= 4 is 0 Å². The molecule has 0 radical (unpaired) electrons. The summed E-state index contributed by atoms with van der Waals surface area (Å²) in [5.74, 6) is 0. The lowest BCUT2D eigenvalue weighted by Crippen LogP contribution is -2.33. The van der Waals surface area contributed by atoms with E-state index in [4.69, 9.17) is 14.2 Å². The zero-order valence-electron chi connectivity index (χ0n) is 9.93. The van der Waals surface area contributed by atoms with Crippen LogP contribution in [0.5, 0.6) is 0 Å². The van der Waals surface area contributed by atoms with Gasteiger partial charge in [0.15, 0.2) is 0 Å². The Kier molecular flexibility index (Phi) is 4.58. The summed E-state index contributed by atoms with van der Waals surface area (Å²) in [6.45, 7) is 3.91. The molecule has 16 heavy (non-hydrogen) atoms. The van der Waals surface area contributed by atoms with Crippen LogP contribution < -0.4 is 0 Å². The van der Waals surface area contributed by atoms with E-state index in [1.165, 1.54) is 19.3 Å². The van der Waals surface area contributed by atoms with E-state index in [2.05, 4.69) is 6.92 Å². The summed E-state index contributed by atoms with van der Waals surface area (Å²) in [5, 5.41) is 9.55. The molecule has 2 heterocycles. The highest BCUT2D eigenvalue weighted by molar-refractivity contribution is 4.94. The van der Waals surface area contributed by atoms with Crippen LogP contribution in [0.4, 0.5) is 0 Å². The molecule has 4 atom stereocenters. The predicted octanol–water partition coefficient (Wildman–Crippen LogP) is 1.11. The molecule has 2 saturated heterocycles. The second-order valence-corrected chi connectivity index (χ2v) is 4.63. The lowest BCUT2D eigenvalue weighted by atomic mass is 10.1. The molecule has 0 aromatic rings. The van der Waals surface area contributed by atoms with Gasteiger partial charge in [-0.2, -0.15) is 0 Å². The smallest absolute Gasteiger partial charge is 0.115 e. The molecule has 0 unspecified atom stereocenters. The van der Waals surface area contributed by atoms with Crippen molar-refractivity contribution in [2.24, 2.45) is 0 Å². The fourth-order valence-electron chi connectivity index (χ4n) is 2.35. The second kappa shape index (κ2) is 5.96. The van der Waals surface area contributed by atoms with E-state index in [0.29, 0.717) is 13.2 Å². The summed E-state index contributed by atoms with van der Waals surface area (Å²) in [4.78, 5) is 0. The van der Waals surface area contributed by atoms with Gasteiger partial charge >= 0.3 is 0 Å². The summed E-state index contributed by atoms with van der Waals surface area (Å²) in [7, 11) is 0. The predicted molar refractivity (Wildman–Crippen MR) is 59.4 cm³/mol. The fourth-order valence-corrected chi connectivity index (χ4v) is 2.35. The molecule has 0 aromatic heterocycles. The monoisotopic (exact) mass is 230 g/mol. The molecule has 2 aliphatic heterocycles. The summed E-state index contributed by atoms with van der Waals surface area (Å²) >= 11 is 0. The van der Waals surface area contributed by atoms with Gasteiger partial charge < -0.3 is 19.3 Å². The molecule has 2 rings (SSSR count). The normalized spacial score (nSPS) is 37.9. The first-order valence-electron chi connectivity index (χ1n) is 6.35. The Labute approximate surface area is 96.9 Å². The highest BCUT2D eigenvalue weighted by atomic mass is 16.6. The van der Waals surface area contributed by atoms with Gasteiger partial charge in [0, 0.05) is 6.61 Å². The molecule has 2 fully saturated rings. The van der Waals surface area contributed by atoms with Gasteiger partial charge in [-0.3, -0.25) is 0 Å². The largest absolute Gasteiger partial charge is 0.388 e. The van der Waals surface area contributed by atoms with Gasteiger partial charge in [-0.25, -0.2) is 0 Å². The van der Waals surface area contributed by atoms with Crippen molar-refractivity contribution in [1.82, 2.24) is 0 Å². The maximum Gasteiger partial charge on any atom is 0.115 e. The lowest BCUT2D eigenvalue weighted by molar-refractivity contribution is -0.0378. The van der Waals surface area contributed by atoms with Crippen molar-refractivity contribution in [3.63, 3.8) is 0 Å². The fraction of sp³-hybridized carbons (Fsp3) is 1.00. The van der Waals surface area contributed by atoms with E-state index in [1.54, 1.807) is 0 Å². The number of unbranched alkanes of at least 4 members (excludes halogenated alkanes) is 3. The van der Waals surface area contributed by atoms with Crippen LogP contribution in [-0.4, -0.2) is 49.3 Å². The maximum atomic E-state index is 9.55. The maximum absolute atomic E-state index is 9.55. The highest BCUT2D eigenvalue weighted by Gasteiger charge is 2.47. The number of aliphatic hydroxyl groups is 1. The Morgan fingerprint density at radius 3 is 2.75 bits per heavy atom. The summed E-state index contributed by atoms with van der Waals surface area (Å²) in [6.07, 6.45) is 4.16. The third kappa shape index (κ3) is 2.74. The number of aliphatic hydroxyl groups excluding tert-OH is 1. The van der Waals surface area contributed by atoms with Crippen LogP contribution in [0.2, 0.25) is 0 Å². The standard InChI is InChI=1S/C12H22O4/c1-2-3-4-5-6-14-10-8-16-11-9(13)7-15-12(10)11/h9-13H,2-8H2,1H3/t9-,10+,11-,12-/m1/s1. The quantitative estimate of drug-likeness (QED) is 0.694. The van der Waals surface area contributed by atoms with Gasteiger partial charge in [0.2, 0.25) is 0 Å². The van der Waals surface area contributed by atoms with Gasteiger partial charge in [-0.05, 0) is 6.42 Å². The van der Waals surface area contributed by atoms with Crippen molar-refractivity contribution in [3.8, 4) is 0 Å². The Morgan fingerprint density at radius 2 is 1.94 bits per heavy atom. The molecule has 0 amide bonds. The van der Waals surface area contributed by atoms with Gasteiger partial charge in [-0.15, -0.1) is 0 Å². The van der Waals surface area contributed by atoms with Crippen molar-refractivity contribution in [1.29, 1.82) is 0 Å². The summed E-state index contributed by atoms with van der Waals surface area (Å²) in [6, 6.07) is 0. The first-order chi connectivity index (χ1) is 7.83. The number of fused-ring (bicyclic) bond motifs is 1. The summed E-state index contributed by atoms with van der Waals surface area (Å²) < 4.78 is 16.7. The van der Waals surface area contributed by atoms with Crippen molar-refractivity contribution in [3.05, 3.63) is 0 Å². The van der Waals surface area contributed by atoms with Gasteiger partial charge in [0.1, 0.15) is 24.4 Å². The Morgan fingerprint density at radius 1 is 1.12 bits per heavy atom. The van der Waals surface area contributed by atoms with Gasteiger partial charge in [-0.1, -0.05) is 26.2 Å². The topological polar surface area (TPSA) is 47.9 Å². The van der Waals surface area contributed by atoms with Gasteiger partial charge in [0.05, 0.1) is 13.2 Å². The Balaban J connectivity index is 1.64. The summed E-state index contributed by atoms with van der Waals surface area (Å²) in [5.41, 5.74) is 0. The van der Waals surface area contributed by atoms with E-state index < -0.39 is 6.10 Å². The second-order valence-electron chi connectivity index (χ2n) is 4.63. The first-order valence-corrected chi connectivity index (χ1v) is 6.35. The minimum absolute atomic E-state index is 0.0174. The van der Waals surface area contributed by atoms with Crippen LogP contribution in [0.15, 0.2) is 0 Å². The molecule has 94 valence electrons. The lowest BCUT2D eigenvalue weighted by Gasteiger charge is -2.16. The minimum Gasteiger partial charge on any atom is -0.388 e. The van der Waals surface area contributed by atoms with Crippen LogP contribution >= 0.6 is 0 Å². The molecular weight excluding hydrogens is 208 g/mol. The SMILES string of the molecule is CCCCCCO[C@H]1CO[C@H]2[C@@H]1OC[C@H]2O. The Bertz CT molecular complexity index is 209. The Hall–Kier alpha value is -0.160. The molecule has 1 N–H and O–H groups in total. The van der Waals surface area contributed by atoms with Crippen LogP contribution in [0.25, 0.3) is 0 Å². The first kappa shape index (κ1) is 12.3. The zero-order chi connectivity index (χ0) is 11.4. The van der Waals surface area contributed by atoms with E-state index in [9.17, 15) is 5.11 Å². The molecule has 0 spiro atoms.